The van der Waals surface area contributed by atoms with Gasteiger partial charge < -0.3 is 9.47 Å². The number of rotatable bonds is 5. The van der Waals surface area contributed by atoms with E-state index in [0.29, 0.717) is 17.2 Å². The first-order chi connectivity index (χ1) is 9.69. The highest BCUT2D eigenvalue weighted by atomic mass is 35.5. The van der Waals surface area contributed by atoms with Crippen LogP contribution in [0.15, 0.2) is 54.6 Å². The standard InChI is InChI=1S/C16H15ClO3/c1-19-16(18)15(11-12-5-3-2-4-6-12)20-14-9-7-13(17)8-10-14/h2-10,15H,11H2,1H3/t15-/m0/s1. The molecule has 4 heteroatoms. The molecule has 0 radical (unpaired) electrons. The summed E-state index contributed by atoms with van der Waals surface area (Å²) in [5.41, 5.74) is 1.01. The molecule has 2 aromatic rings. The number of halogens is 1. The minimum Gasteiger partial charge on any atom is -0.478 e. The van der Waals surface area contributed by atoms with Gasteiger partial charge in [-0.2, -0.15) is 0 Å². The maximum atomic E-state index is 11.8. The molecule has 0 bridgehead atoms. The number of hydrogen-bond donors (Lipinski definition) is 0. The van der Waals surface area contributed by atoms with Gasteiger partial charge in [-0.25, -0.2) is 4.79 Å². The van der Waals surface area contributed by atoms with Crippen molar-refractivity contribution in [2.24, 2.45) is 0 Å². The van der Waals surface area contributed by atoms with Gasteiger partial charge in [0.25, 0.3) is 0 Å². The molecule has 0 spiro atoms. The Morgan fingerprint density at radius 3 is 2.35 bits per heavy atom. The Bertz CT molecular complexity index is 552. The van der Waals surface area contributed by atoms with Crippen molar-refractivity contribution in [3.05, 3.63) is 65.2 Å². The number of benzene rings is 2. The molecule has 0 saturated heterocycles. The summed E-state index contributed by atoms with van der Waals surface area (Å²) in [6, 6.07) is 16.5. The molecule has 0 N–H and O–H groups in total. The second-order valence-electron chi connectivity index (χ2n) is 4.27. The summed E-state index contributed by atoms with van der Waals surface area (Å²) in [5.74, 6) is 0.185. The number of methoxy groups -OCH3 is 1. The van der Waals surface area contributed by atoms with Crippen LogP contribution in [-0.4, -0.2) is 19.2 Å². The lowest BCUT2D eigenvalue weighted by Gasteiger charge is -2.17. The molecular formula is C16H15ClO3. The summed E-state index contributed by atoms with van der Waals surface area (Å²) in [4.78, 5) is 11.8. The predicted octanol–water partition coefficient (Wildman–Crippen LogP) is 3.50. The van der Waals surface area contributed by atoms with Crippen molar-refractivity contribution < 1.29 is 14.3 Å². The molecule has 2 aromatic carbocycles. The summed E-state index contributed by atoms with van der Waals surface area (Å²) in [7, 11) is 1.35. The van der Waals surface area contributed by atoms with E-state index in [1.807, 2.05) is 30.3 Å². The van der Waals surface area contributed by atoms with Gasteiger partial charge in [-0.1, -0.05) is 41.9 Å². The highest BCUT2D eigenvalue weighted by Crippen LogP contribution is 2.18. The van der Waals surface area contributed by atoms with Gasteiger partial charge in [0.15, 0.2) is 6.10 Å². The lowest BCUT2D eigenvalue weighted by molar-refractivity contribution is -0.148. The van der Waals surface area contributed by atoms with Crippen molar-refractivity contribution in [3.63, 3.8) is 0 Å². The van der Waals surface area contributed by atoms with Crippen LogP contribution in [0.25, 0.3) is 0 Å². The Morgan fingerprint density at radius 1 is 1.10 bits per heavy atom. The Labute approximate surface area is 123 Å². The quantitative estimate of drug-likeness (QED) is 0.791. The topological polar surface area (TPSA) is 35.5 Å². The molecule has 0 amide bonds. The fourth-order valence-electron chi connectivity index (χ4n) is 1.81. The Morgan fingerprint density at radius 2 is 1.75 bits per heavy atom. The van der Waals surface area contributed by atoms with E-state index in [1.54, 1.807) is 24.3 Å². The van der Waals surface area contributed by atoms with Crippen molar-refractivity contribution in [1.82, 2.24) is 0 Å². The second kappa shape index (κ2) is 6.96. The molecule has 3 nitrogen and oxygen atoms in total. The average Bonchev–Trinajstić information content (AvgIpc) is 2.49. The van der Waals surface area contributed by atoms with Crippen molar-refractivity contribution in [1.29, 1.82) is 0 Å². The lowest BCUT2D eigenvalue weighted by Crippen LogP contribution is -2.30. The van der Waals surface area contributed by atoms with E-state index in [2.05, 4.69) is 0 Å². The van der Waals surface area contributed by atoms with E-state index in [0.717, 1.165) is 5.56 Å². The zero-order chi connectivity index (χ0) is 14.4. The first-order valence-electron chi connectivity index (χ1n) is 6.23. The van der Waals surface area contributed by atoms with Gasteiger partial charge in [0.1, 0.15) is 5.75 Å². The smallest absolute Gasteiger partial charge is 0.347 e. The largest absolute Gasteiger partial charge is 0.478 e. The third-order valence-corrected chi connectivity index (χ3v) is 3.07. The SMILES string of the molecule is COC(=O)[C@H](Cc1ccccc1)Oc1ccc(Cl)cc1. The minimum atomic E-state index is -0.677. The summed E-state index contributed by atoms with van der Waals surface area (Å²) in [6.45, 7) is 0. The van der Waals surface area contributed by atoms with Crippen molar-refractivity contribution >= 4 is 17.6 Å². The molecule has 0 unspecified atom stereocenters. The van der Waals surface area contributed by atoms with Crippen LogP contribution in [-0.2, 0) is 16.0 Å². The minimum absolute atomic E-state index is 0.399. The second-order valence-corrected chi connectivity index (χ2v) is 4.71. The average molecular weight is 291 g/mol. The number of hydrogen-bond acceptors (Lipinski definition) is 3. The van der Waals surface area contributed by atoms with Crippen LogP contribution in [0.5, 0.6) is 5.75 Å². The zero-order valence-corrected chi connectivity index (χ0v) is 11.8. The van der Waals surface area contributed by atoms with Crippen molar-refractivity contribution in [2.45, 2.75) is 12.5 Å². The fraction of sp³-hybridized carbons (Fsp3) is 0.188. The molecule has 0 heterocycles. The Balaban J connectivity index is 2.11. The van der Waals surface area contributed by atoms with Crippen LogP contribution >= 0.6 is 11.6 Å². The van der Waals surface area contributed by atoms with E-state index >= 15 is 0 Å². The maximum absolute atomic E-state index is 11.8. The van der Waals surface area contributed by atoms with E-state index < -0.39 is 12.1 Å². The first-order valence-corrected chi connectivity index (χ1v) is 6.61. The van der Waals surface area contributed by atoms with Gasteiger partial charge in [0.2, 0.25) is 0 Å². The number of carbonyl (C=O) groups is 1. The Kier molecular flexibility index (Phi) is 5.02. The van der Waals surface area contributed by atoms with Gasteiger partial charge in [-0.15, -0.1) is 0 Å². The first kappa shape index (κ1) is 14.4. The molecule has 0 aliphatic heterocycles. The summed E-state index contributed by atoms with van der Waals surface area (Å²) in [5, 5.41) is 0.620. The molecule has 104 valence electrons. The van der Waals surface area contributed by atoms with Gasteiger partial charge >= 0.3 is 5.97 Å². The predicted molar refractivity (Wildman–Crippen MR) is 78.0 cm³/mol. The van der Waals surface area contributed by atoms with Gasteiger partial charge in [0.05, 0.1) is 7.11 Å². The fourth-order valence-corrected chi connectivity index (χ4v) is 1.94. The molecule has 2 rings (SSSR count). The zero-order valence-electron chi connectivity index (χ0n) is 11.1. The van der Waals surface area contributed by atoms with Crippen LogP contribution in [0.4, 0.5) is 0 Å². The molecule has 0 aliphatic carbocycles. The summed E-state index contributed by atoms with van der Waals surface area (Å²) < 4.78 is 10.5. The molecule has 1 atom stereocenters. The number of carbonyl (C=O) groups excluding carboxylic acids is 1. The highest BCUT2D eigenvalue weighted by Gasteiger charge is 2.21. The Hall–Kier alpha value is -2.00. The monoisotopic (exact) mass is 290 g/mol. The maximum Gasteiger partial charge on any atom is 0.347 e. The third kappa shape index (κ3) is 4.00. The molecular weight excluding hydrogens is 276 g/mol. The third-order valence-electron chi connectivity index (χ3n) is 2.82. The highest BCUT2D eigenvalue weighted by molar-refractivity contribution is 6.30. The van der Waals surface area contributed by atoms with Crippen LogP contribution in [0, 0.1) is 0 Å². The van der Waals surface area contributed by atoms with Crippen LogP contribution in [0.1, 0.15) is 5.56 Å². The molecule has 20 heavy (non-hydrogen) atoms. The number of ether oxygens (including phenoxy) is 2. The number of esters is 1. The van der Waals surface area contributed by atoms with E-state index in [9.17, 15) is 4.79 Å². The van der Waals surface area contributed by atoms with Crippen molar-refractivity contribution in [2.75, 3.05) is 7.11 Å². The normalized spacial score (nSPS) is 11.7. The summed E-state index contributed by atoms with van der Waals surface area (Å²) >= 11 is 5.82. The van der Waals surface area contributed by atoms with Gasteiger partial charge in [0, 0.05) is 11.4 Å². The molecule has 0 saturated carbocycles. The van der Waals surface area contributed by atoms with Crippen LogP contribution < -0.4 is 4.74 Å². The summed E-state index contributed by atoms with van der Waals surface area (Å²) in [6.07, 6.45) is -0.223. The van der Waals surface area contributed by atoms with E-state index in [1.165, 1.54) is 7.11 Å². The van der Waals surface area contributed by atoms with E-state index in [-0.39, 0.29) is 0 Å². The molecule has 0 aliphatic rings. The molecule has 0 fully saturated rings. The van der Waals surface area contributed by atoms with Crippen LogP contribution in [0.3, 0.4) is 0 Å². The van der Waals surface area contributed by atoms with Gasteiger partial charge in [-0.3, -0.25) is 0 Å². The van der Waals surface area contributed by atoms with Crippen LogP contribution in [0.2, 0.25) is 5.02 Å². The molecule has 0 aromatic heterocycles. The van der Waals surface area contributed by atoms with Crippen molar-refractivity contribution in [3.8, 4) is 5.75 Å². The lowest BCUT2D eigenvalue weighted by atomic mass is 10.1. The van der Waals surface area contributed by atoms with E-state index in [4.69, 9.17) is 21.1 Å². The van der Waals surface area contributed by atoms with Gasteiger partial charge in [-0.05, 0) is 29.8 Å².